The summed E-state index contributed by atoms with van der Waals surface area (Å²) in [7, 11) is 1.06. The molecule has 0 spiro atoms. The van der Waals surface area contributed by atoms with Gasteiger partial charge >= 0.3 is 0 Å². The average Bonchev–Trinajstić information content (AvgIpc) is 2.98. The van der Waals surface area contributed by atoms with Crippen LogP contribution >= 0.6 is 7.82 Å². The summed E-state index contributed by atoms with van der Waals surface area (Å²) < 4.78 is 39.7. The molecule has 4 N–H and O–H groups in total. The SMILES string of the molecule is CCCCCCCCCCCCCCCCCCOC[C@H](COP(=O)([O-])OCC[N+](C)(C)C)O[C@H]1O[C@H](CO)[C@@H](O)[C@H](O)[C@H]1O. The third kappa shape index (κ3) is 21.4. The lowest BCUT2D eigenvalue weighted by Gasteiger charge is -2.41. The van der Waals surface area contributed by atoms with Gasteiger partial charge in [0.1, 0.15) is 43.7 Å². The number of ether oxygens (including phenoxy) is 3. The molecule has 1 aliphatic rings. The fourth-order valence-corrected chi connectivity index (χ4v) is 5.83. The number of aliphatic hydroxyl groups excluding tert-OH is 4. The van der Waals surface area contributed by atoms with Gasteiger partial charge in [-0.15, -0.1) is 0 Å². The molecule has 1 aliphatic heterocycles. The van der Waals surface area contributed by atoms with Crippen LogP contribution in [-0.2, 0) is 27.8 Å². The van der Waals surface area contributed by atoms with Crippen molar-refractivity contribution < 1.29 is 57.6 Å². The number of phosphoric acid groups is 1. The maximum absolute atomic E-state index is 12.3. The predicted octanol–water partition coefficient (Wildman–Crippen LogP) is 3.66. The van der Waals surface area contributed by atoms with Gasteiger partial charge in [0.25, 0.3) is 7.82 Å². The van der Waals surface area contributed by atoms with E-state index in [0.717, 1.165) is 19.3 Å². The minimum Gasteiger partial charge on any atom is -0.756 e. The van der Waals surface area contributed by atoms with Crippen LogP contribution in [0, 0.1) is 0 Å². The highest BCUT2D eigenvalue weighted by Crippen LogP contribution is 2.38. The van der Waals surface area contributed by atoms with Crippen LogP contribution in [0.25, 0.3) is 0 Å². The Labute approximate surface area is 272 Å². The van der Waals surface area contributed by atoms with E-state index in [1.165, 1.54) is 83.5 Å². The number of hydrogen-bond acceptors (Lipinski definition) is 11. The topological polar surface area (TPSA) is 167 Å². The number of likely N-dealkylation sites (N-methyl/N-ethyl adjacent to an activating group) is 1. The highest BCUT2D eigenvalue weighted by molar-refractivity contribution is 7.45. The fraction of sp³-hybridized carbons (Fsp3) is 1.00. The Morgan fingerprint density at radius 2 is 1.24 bits per heavy atom. The molecule has 0 aromatic heterocycles. The van der Waals surface area contributed by atoms with Crippen molar-refractivity contribution in [2.45, 2.75) is 146 Å². The minimum atomic E-state index is -4.65. The summed E-state index contributed by atoms with van der Waals surface area (Å²) in [5.74, 6) is 0. The summed E-state index contributed by atoms with van der Waals surface area (Å²) in [5, 5.41) is 39.9. The second-order valence-electron chi connectivity index (χ2n) is 13.4. The number of nitrogens with zero attached hydrogens (tertiary/aromatic N) is 1. The average molecular weight is 672 g/mol. The largest absolute Gasteiger partial charge is 0.756 e. The Morgan fingerprint density at radius 3 is 1.73 bits per heavy atom. The van der Waals surface area contributed by atoms with Gasteiger partial charge in [0, 0.05) is 6.61 Å². The van der Waals surface area contributed by atoms with Crippen molar-refractivity contribution in [3.63, 3.8) is 0 Å². The third-order valence-corrected chi connectivity index (χ3v) is 9.02. The van der Waals surface area contributed by atoms with Crippen molar-refractivity contribution >= 4 is 7.82 Å². The van der Waals surface area contributed by atoms with Crippen molar-refractivity contribution in [2.24, 2.45) is 0 Å². The number of quaternary nitrogens is 1. The Bertz CT molecular complexity index is 755. The molecule has 1 saturated heterocycles. The molecule has 13 heteroatoms. The van der Waals surface area contributed by atoms with Crippen molar-refractivity contribution in [1.29, 1.82) is 0 Å². The van der Waals surface area contributed by atoms with Gasteiger partial charge in [-0.05, 0) is 6.42 Å². The lowest BCUT2D eigenvalue weighted by Crippen LogP contribution is -2.60. The lowest BCUT2D eigenvalue weighted by atomic mass is 9.99. The lowest BCUT2D eigenvalue weighted by molar-refractivity contribution is -0.870. The summed E-state index contributed by atoms with van der Waals surface area (Å²) >= 11 is 0. The van der Waals surface area contributed by atoms with Crippen LogP contribution in [0.2, 0.25) is 0 Å². The zero-order valence-electron chi connectivity index (χ0n) is 28.6. The molecule has 0 aliphatic carbocycles. The van der Waals surface area contributed by atoms with Gasteiger partial charge in [-0.3, -0.25) is 4.57 Å². The van der Waals surface area contributed by atoms with E-state index in [0.29, 0.717) is 17.6 Å². The maximum Gasteiger partial charge on any atom is 0.268 e. The highest BCUT2D eigenvalue weighted by Gasteiger charge is 2.45. The molecule has 1 rings (SSSR count). The summed E-state index contributed by atoms with van der Waals surface area (Å²) in [6.45, 7) is 1.93. The number of rotatable bonds is 29. The van der Waals surface area contributed by atoms with Gasteiger partial charge in [0.15, 0.2) is 6.29 Å². The van der Waals surface area contributed by atoms with E-state index in [4.69, 9.17) is 23.3 Å². The summed E-state index contributed by atoms with van der Waals surface area (Å²) in [6.07, 6.45) is 11.9. The predicted molar refractivity (Wildman–Crippen MR) is 171 cm³/mol. The normalized spacial score (nSPS) is 24.5. The van der Waals surface area contributed by atoms with Crippen LogP contribution in [0.3, 0.4) is 0 Å². The number of aliphatic hydroxyl groups is 4. The van der Waals surface area contributed by atoms with E-state index >= 15 is 0 Å². The molecule has 0 saturated carbocycles. The summed E-state index contributed by atoms with van der Waals surface area (Å²) in [6, 6.07) is 0. The number of hydrogen-bond donors (Lipinski definition) is 4. The Balaban J connectivity index is 2.33. The molecule has 0 aromatic carbocycles. The van der Waals surface area contributed by atoms with Crippen LogP contribution in [-0.4, -0.2) is 122 Å². The first-order valence-electron chi connectivity index (χ1n) is 17.3. The van der Waals surface area contributed by atoms with E-state index in [-0.39, 0.29) is 13.2 Å². The zero-order valence-corrected chi connectivity index (χ0v) is 29.5. The van der Waals surface area contributed by atoms with Gasteiger partial charge < -0.3 is 53.1 Å². The first-order valence-corrected chi connectivity index (χ1v) is 18.8. The summed E-state index contributed by atoms with van der Waals surface area (Å²) in [4.78, 5) is 12.3. The van der Waals surface area contributed by atoms with Gasteiger partial charge in [-0.2, -0.15) is 0 Å². The number of phosphoric ester groups is 1. The second-order valence-corrected chi connectivity index (χ2v) is 14.8. The molecule has 1 unspecified atom stereocenters. The fourth-order valence-electron chi connectivity index (χ4n) is 5.10. The van der Waals surface area contributed by atoms with E-state index < -0.39 is 57.8 Å². The molecule has 0 radical (unpaired) electrons. The Morgan fingerprint density at radius 1 is 0.733 bits per heavy atom. The molecule has 1 heterocycles. The Kier molecular flexibility index (Phi) is 23.7. The van der Waals surface area contributed by atoms with Crippen molar-refractivity contribution in [1.82, 2.24) is 0 Å². The minimum absolute atomic E-state index is 0.0573. The van der Waals surface area contributed by atoms with E-state index in [1.807, 2.05) is 21.1 Å². The molecule has 0 amide bonds. The molecule has 1 fully saturated rings. The third-order valence-electron chi connectivity index (χ3n) is 8.05. The maximum atomic E-state index is 12.3. The molecule has 0 aromatic rings. The Hall–Kier alpha value is -0.210. The van der Waals surface area contributed by atoms with Crippen LogP contribution < -0.4 is 4.89 Å². The van der Waals surface area contributed by atoms with Crippen molar-refractivity contribution in [3.05, 3.63) is 0 Å². The molecule has 45 heavy (non-hydrogen) atoms. The monoisotopic (exact) mass is 671 g/mol. The molecule has 270 valence electrons. The molecular formula is C32H66NO11P. The van der Waals surface area contributed by atoms with Gasteiger partial charge in [0.2, 0.25) is 0 Å². The first kappa shape index (κ1) is 42.8. The van der Waals surface area contributed by atoms with Crippen LogP contribution in [0.15, 0.2) is 0 Å². The zero-order chi connectivity index (χ0) is 33.6. The summed E-state index contributed by atoms with van der Waals surface area (Å²) in [5.41, 5.74) is 0. The van der Waals surface area contributed by atoms with E-state index in [1.54, 1.807) is 0 Å². The van der Waals surface area contributed by atoms with Crippen molar-refractivity contribution in [2.75, 3.05) is 60.7 Å². The van der Waals surface area contributed by atoms with Gasteiger partial charge in [-0.1, -0.05) is 103 Å². The smallest absolute Gasteiger partial charge is 0.268 e. The number of unbranched alkanes of at least 4 members (excludes halogenated alkanes) is 15. The second kappa shape index (κ2) is 24.9. The highest BCUT2D eigenvalue weighted by atomic mass is 31.2. The van der Waals surface area contributed by atoms with Crippen molar-refractivity contribution in [3.8, 4) is 0 Å². The molecule has 7 atom stereocenters. The van der Waals surface area contributed by atoms with E-state index in [9.17, 15) is 29.9 Å². The van der Waals surface area contributed by atoms with Gasteiger partial charge in [0.05, 0.1) is 41.0 Å². The standard InChI is InChI=1S/C32H66NO11P/c1-5-6-7-8-9-10-11-12-13-14-15-16-17-18-19-20-22-40-25-27(26-42-45(38,39)41-23-21-33(2,3)4)43-32-31(37)30(36)29(35)28(24-34)44-32/h27-32,34-37H,5-26H2,1-4H3/t27-,28-,29-,30+,31-,32+/m1/s1. The van der Waals surface area contributed by atoms with Crippen LogP contribution in [0.5, 0.6) is 0 Å². The molecule has 0 bridgehead atoms. The van der Waals surface area contributed by atoms with Crippen LogP contribution in [0.4, 0.5) is 0 Å². The van der Waals surface area contributed by atoms with Gasteiger partial charge in [-0.25, -0.2) is 0 Å². The first-order chi connectivity index (χ1) is 21.4. The van der Waals surface area contributed by atoms with Crippen LogP contribution in [0.1, 0.15) is 110 Å². The quantitative estimate of drug-likeness (QED) is 0.0521. The van der Waals surface area contributed by atoms with E-state index in [2.05, 4.69) is 6.92 Å². The molecule has 12 nitrogen and oxygen atoms in total. The molecular weight excluding hydrogens is 605 g/mol.